The van der Waals surface area contributed by atoms with Crippen molar-refractivity contribution >= 4 is 27.3 Å². The first-order chi connectivity index (χ1) is 6.50. The average molecular weight is 253 g/mol. The van der Waals surface area contributed by atoms with E-state index in [1.165, 1.54) is 5.56 Å². The maximum Gasteiger partial charge on any atom is 0.152 e. The zero-order valence-corrected chi connectivity index (χ0v) is 10.2. The molecule has 0 aromatic heterocycles. The molecule has 1 nitrogen and oxygen atoms in total. The zero-order chi connectivity index (χ0) is 10.7. The third kappa shape index (κ3) is 2.81. The molecular weight excluding hydrogens is 240 g/mol. The Balaban J connectivity index is 3.18. The van der Waals surface area contributed by atoms with Crippen molar-refractivity contribution in [2.45, 2.75) is 20.8 Å². The van der Waals surface area contributed by atoms with Crippen LogP contribution in [-0.2, 0) is 4.79 Å². The Hall–Kier alpha value is -0.890. The fraction of sp³-hybridized carbons (Fsp3) is 0.250. The van der Waals surface area contributed by atoms with E-state index in [4.69, 9.17) is 0 Å². The zero-order valence-electron chi connectivity index (χ0n) is 8.60. The summed E-state index contributed by atoms with van der Waals surface area (Å²) in [5.74, 6) is 0.0851. The van der Waals surface area contributed by atoms with Crippen LogP contribution in [0.2, 0.25) is 0 Å². The van der Waals surface area contributed by atoms with Gasteiger partial charge in [0.1, 0.15) is 0 Å². The third-order valence-electron chi connectivity index (χ3n) is 2.04. The second-order valence-electron chi connectivity index (χ2n) is 3.40. The van der Waals surface area contributed by atoms with Gasteiger partial charge in [0.05, 0.1) is 0 Å². The Morgan fingerprint density at radius 3 is 2.57 bits per heavy atom. The van der Waals surface area contributed by atoms with Crippen LogP contribution in [-0.4, -0.2) is 5.78 Å². The highest BCUT2D eigenvalue weighted by molar-refractivity contribution is 9.10. The van der Waals surface area contributed by atoms with E-state index in [2.05, 4.69) is 15.9 Å². The van der Waals surface area contributed by atoms with Crippen LogP contribution in [0.15, 0.2) is 28.7 Å². The van der Waals surface area contributed by atoms with Gasteiger partial charge in [0.25, 0.3) is 0 Å². The Morgan fingerprint density at radius 2 is 2.00 bits per heavy atom. The van der Waals surface area contributed by atoms with Crippen molar-refractivity contribution in [3.8, 4) is 0 Å². The largest absolute Gasteiger partial charge is 0.295 e. The lowest BCUT2D eigenvalue weighted by Crippen LogP contribution is -1.89. The minimum Gasteiger partial charge on any atom is -0.295 e. The van der Waals surface area contributed by atoms with Gasteiger partial charge < -0.3 is 0 Å². The molecule has 0 aliphatic rings. The number of hydrogen-bond donors (Lipinski definition) is 0. The van der Waals surface area contributed by atoms with E-state index in [0.717, 1.165) is 15.6 Å². The fourth-order valence-corrected chi connectivity index (χ4v) is 1.76. The van der Waals surface area contributed by atoms with Crippen molar-refractivity contribution in [3.05, 3.63) is 39.9 Å². The van der Waals surface area contributed by atoms with Crippen LogP contribution in [0.3, 0.4) is 0 Å². The first-order valence-corrected chi connectivity index (χ1v) is 5.25. The highest BCUT2D eigenvalue weighted by atomic mass is 79.9. The summed E-state index contributed by atoms with van der Waals surface area (Å²) in [6, 6.07) is 6.07. The van der Waals surface area contributed by atoms with Gasteiger partial charge in [-0.05, 0) is 55.7 Å². The molecular formula is C12H13BrO. The molecule has 0 aliphatic heterocycles. The van der Waals surface area contributed by atoms with Gasteiger partial charge >= 0.3 is 0 Å². The van der Waals surface area contributed by atoms with Gasteiger partial charge in [0.2, 0.25) is 0 Å². The van der Waals surface area contributed by atoms with Gasteiger partial charge in [-0.3, -0.25) is 4.79 Å². The van der Waals surface area contributed by atoms with Gasteiger partial charge in [-0.2, -0.15) is 0 Å². The molecule has 0 saturated heterocycles. The molecule has 1 aromatic carbocycles. The van der Waals surface area contributed by atoms with Gasteiger partial charge in [-0.25, -0.2) is 0 Å². The number of aryl methyl sites for hydroxylation is 1. The van der Waals surface area contributed by atoms with E-state index in [9.17, 15) is 4.79 Å². The van der Waals surface area contributed by atoms with Crippen LogP contribution >= 0.6 is 15.9 Å². The molecule has 0 unspecified atom stereocenters. The molecule has 1 aromatic rings. The van der Waals surface area contributed by atoms with Gasteiger partial charge in [0.15, 0.2) is 5.78 Å². The van der Waals surface area contributed by atoms with Crippen molar-refractivity contribution in [1.29, 1.82) is 0 Å². The highest BCUT2D eigenvalue weighted by Crippen LogP contribution is 2.22. The number of halogens is 1. The van der Waals surface area contributed by atoms with Crippen molar-refractivity contribution in [1.82, 2.24) is 0 Å². The molecule has 14 heavy (non-hydrogen) atoms. The number of hydrogen-bond acceptors (Lipinski definition) is 1. The smallest absolute Gasteiger partial charge is 0.152 e. The van der Waals surface area contributed by atoms with E-state index in [1.54, 1.807) is 13.0 Å². The summed E-state index contributed by atoms with van der Waals surface area (Å²) in [6.45, 7) is 5.56. The van der Waals surface area contributed by atoms with Crippen LogP contribution in [0.25, 0.3) is 5.57 Å². The summed E-state index contributed by atoms with van der Waals surface area (Å²) < 4.78 is 1.04. The summed E-state index contributed by atoms with van der Waals surface area (Å²) in [4.78, 5) is 10.9. The molecule has 0 atom stereocenters. The molecule has 0 saturated carbocycles. The molecule has 0 bridgehead atoms. The lowest BCUT2D eigenvalue weighted by atomic mass is 10.0. The first-order valence-electron chi connectivity index (χ1n) is 4.46. The third-order valence-corrected chi connectivity index (χ3v) is 2.54. The summed E-state index contributed by atoms with van der Waals surface area (Å²) in [5, 5.41) is 0. The Morgan fingerprint density at radius 1 is 1.36 bits per heavy atom. The number of carbonyl (C=O) groups is 1. The van der Waals surface area contributed by atoms with Gasteiger partial charge in [-0.1, -0.05) is 22.0 Å². The van der Waals surface area contributed by atoms with Crippen LogP contribution in [0.5, 0.6) is 0 Å². The van der Waals surface area contributed by atoms with E-state index in [1.807, 2.05) is 32.0 Å². The predicted molar refractivity (Wildman–Crippen MR) is 63.2 cm³/mol. The molecule has 0 N–H and O–H groups in total. The fourth-order valence-electron chi connectivity index (χ4n) is 1.40. The molecule has 1 rings (SSSR count). The maximum absolute atomic E-state index is 10.9. The number of benzene rings is 1. The van der Waals surface area contributed by atoms with Crippen molar-refractivity contribution < 1.29 is 4.79 Å². The molecule has 0 aliphatic carbocycles. The van der Waals surface area contributed by atoms with E-state index in [-0.39, 0.29) is 5.78 Å². The monoisotopic (exact) mass is 252 g/mol. The average Bonchev–Trinajstić information content (AvgIpc) is 2.08. The quantitative estimate of drug-likeness (QED) is 0.733. The predicted octanol–water partition coefficient (Wildman–Crippen LogP) is 3.75. The Labute approximate surface area is 93.0 Å². The summed E-state index contributed by atoms with van der Waals surface area (Å²) in [5.41, 5.74) is 3.31. The number of carbonyl (C=O) groups excluding carboxylic acids is 1. The van der Waals surface area contributed by atoms with Crippen LogP contribution in [0.4, 0.5) is 0 Å². The molecule has 2 heteroatoms. The van der Waals surface area contributed by atoms with E-state index >= 15 is 0 Å². The summed E-state index contributed by atoms with van der Waals surface area (Å²) >= 11 is 3.42. The van der Waals surface area contributed by atoms with Crippen LogP contribution < -0.4 is 0 Å². The molecule has 0 radical (unpaired) electrons. The lowest BCUT2D eigenvalue weighted by molar-refractivity contribution is -0.112. The summed E-state index contributed by atoms with van der Waals surface area (Å²) in [6.07, 6.45) is 1.66. The number of allylic oxidation sites excluding steroid dienone is 2. The second-order valence-corrected chi connectivity index (χ2v) is 4.31. The summed E-state index contributed by atoms with van der Waals surface area (Å²) in [7, 11) is 0. The van der Waals surface area contributed by atoms with E-state index < -0.39 is 0 Å². The number of ketones is 1. The normalized spacial score (nSPS) is 11.6. The first kappa shape index (κ1) is 11.2. The van der Waals surface area contributed by atoms with Crippen LogP contribution in [0, 0.1) is 6.92 Å². The highest BCUT2D eigenvalue weighted by Gasteiger charge is 2.01. The standard InChI is InChI=1S/C12H13BrO/c1-8-4-5-11(13)7-12(8)9(2)6-10(3)14/h4-7H,1-3H3/b9-6+. The van der Waals surface area contributed by atoms with Crippen molar-refractivity contribution in [2.24, 2.45) is 0 Å². The molecule has 0 amide bonds. The topological polar surface area (TPSA) is 17.1 Å². The second kappa shape index (κ2) is 4.56. The lowest BCUT2D eigenvalue weighted by Gasteiger charge is -2.06. The van der Waals surface area contributed by atoms with Crippen molar-refractivity contribution in [2.75, 3.05) is 0 Å². The van der Waals surface area contributed by atoms with Crippen molar-refractivity contribution in [3.63, 3.8) is 0 Å². The molecule has 0 heterocycles. The van der Waals surface area contributed by atoms with E-state index in [0.29, 0.717) is 0 Å². The minimum absolute atomic E-state index is 0.0851. The number of rotatable bonds is 2. The van der Waals surface area contributed by atoms with Crippen LogP contribution in [0.1, 0.15) is 25.0 Å². The molecule has 0 fully saturated rings. The Kier molecular flexibility index (Phi) is 3.64. The van der Waals surface area contributed by atoms with Gasteiger partial charge in [-0.15, -0.1) is 0 Å². The maximum atomic E-state index is 10.9. The molecule has 0 spiro atoms. The SMILES string of the molecule is CC(=O)/C=C(\C)c1cc(Br)ccc1C. The van der Waals surface area contributed by atoms with Gasteiger partial charge in [0, 0.05) is 4.47 Å². The minimum atomic E-state index is 0.0851. The Bertz CT molecular complexity index is 391. The molecule has 74 valence electrons.